The summed E-state index contributed by atoms with van der Waals surface area (Å²) in [6.07, 6.45) is 3.12. The Balaban J connectivity index is 1.78. The number of nitrogens with zero attached hydrogens (tertiary/aromatic N) is 3. The van der Waals surface area contributed by atoms with Gasteiger partial charge in [-0.1, -0.05) is 5.16 Å². The Bertz CT molecular complexity index is 874. The van der Waals surface area contributed by atoms with Crippen molar-refractivity contribution in [2.45, 2.75) is 6.92 Å². The first kappa shape index (κ1) is 11.0. The third-order valence-electron chi connectivity index (χ3n) is 2.95. The normalized spacial score (nSPS) is 11.2. The van der Waals surface area contributed by atoms with Gasteiger partial charge in [-0.25, -0.2) is 4.98 Å². The van der Waals surface area contributed by atoms with Crippen molar-refractivity contribution in [3.8, 4) is 22.8 Å². The molecule has 1 aromatic carbocycles. The lowest BCUT2D eigenvalue weighted by Crippen LogP contribution is -1.81. The number of rotatable bonds is 2. The molecule has 98 valence electrons. The fraction of sp³-hybridized carbons (Fsp3) is 0.0714. The highest BCUT2D eigenvalue weighted by molar-refractivity contribution is 5.78. The third-order valence-corrected chi connectivity index (χ3v) is 2.95. The number of fused-ring (bicyclic) bond motifs is 1. The van der Waals surface area contributed by atoms with E-state index in [-0.39, 0.29) is 0 Å². The molecule has 0 aliphatic heterocycles. The zero-order valence-corrected chi connectivity index (χ0v) is 10.5. The topological polar surface area (TPSA) is 78.1 Å². The summed E-state index contributed by atoms with van der Waals surface area (Å²) in [4.78, 5) is 8.63. The van der Waals surface area contributed by atoms with Gasteiger partial charge >= 0.3 is 0 Å². The number of aryl methyl sites for hydroxylation is 1. The maximum atomic E-state index is 5.44. The van der Waals surface area contributed by atoms with Crippen LogP contribution in [0.1, 0.15) is 5.89 Å². The van der Waals surface area contributed by atoms with Crippen molar-refractivity contribution in [3.05, 3.63) is 42.7 Å². The van der Waals surface area contributed by atoms with Crippen molar-refractivity contribution in [1.29, 1.82) is 0 Å². The molecule has 20 heavy (non-hydrogen) atoms. The van der Waals surface area contributed by atoms with E-state index in [9.17, 15) is 0 Å². The molecule has 0 amide bonds. The number of benzene rings is 1. The number of oxazole rings is 1. The van der Waals surface area contributed by atoms with Crippen LogP contribution in [-0.4, -0.2) is 15.1 Å². The molecule has 0 saturated carbocycles. The summed E-state index contributed by atoms with van der Waals surface area (Å²) in [7, 11) is 0. The smallest absolute Gasteiger partial charge is 0.261 e. The first-order valence-electron chi connectivity index (χ1n) is 6.03. The molecule has 6 heteroatoms. The number of hydrogen-bond donors (Lipinski definition) is 0. The molecular weight excluding hydrogens is 258 g/mol. The SMILES string of the molecule is Cc1nc2cc(-c3noc(-c4ccoc4)n3)ccc2o1. The molecule has 0 atom stereocenters. The van der Waals surface area contributed by atoms with Gasteiger partial charge in [0.15, 0.2) is 11.5 Å². The summed E-state index contributed by atoms with van der Waals surface area (Å²) in [5, 5.41) is 3.97. The van der Waals surface area contributed by atoms with E-state index in [2.05, 4.69) is 15.1 Å². The quantitative estimate of drug-likeness (QED) is 0.553. The van der Waals surface area contributed by atoms with Crippen LogP contribution in [0.25, 0.3) is 33.9 Å². The van der Waals surface area contributed by atoms with Gasteiger partial charge in [-0.3, -0.25) is 0 Å². The summed E-state index contributed by atoms with van der Waals surface area (Å²) in [5.74, 6) is 1.55. The predicted molar refractivity (Wildman–Crippen MR) is 69.7 cm³/mol. The molecule has 0 radical (unpaired) electrons. The van der Waals surface area contributed by atoms with E-state index >= 15 is 0 Å². The van der Waals surface area contributed by atoms with Gasteiger partial charge < -0.3 is 13.4 Å². The van der Waals surface area contributed by atoms with E-state index in [4.69, 9.17) is 13.4 Å². The molecule has 0 aliphatic carbocycles. The lowest BCUT2D eigenvalue weighted by atomic mass is 10.2. The molecule has 4 aromatic rings. The van der Waals surface area contributed by atoms with Crippen LogP contribution in [0.2, 0.25) is 0 Å². The molecule has 0 aliphatic rings. The monoisotopic (exact) mass is 267 g/mol. The van der Waals surface area contributed by atoms with Gasteiger partial charge in [0, 0.05) is 12.5 Å². The Hall–Kier alpha value is -2.89. The maximum absolute atomic E-state index is 5.44. The highest BCUT2D eigenvalue weighted by atomic mass is 16.5. The van der Waals surface area contributed by atoms with Crippen LogP contribution in [0.5, 0.6) is 0 Å². The number of hydrogen-bond acceptors (Lipinski definition) is 6. The summed E-state index contributed by atoms with van der Waals surface area (Å²) in [6.45, 7) is 1.81. The van der Waals surface area contributed by atoms with Crippen LogP contribution < -0.4 is 0 Å². The van der Waals surface area contributed by atoms with Crippen LogP contribution >= 0.6 is 0 Å². The van der Waals surface area contributed by atoms with E-state index in [1.165, 1.54) is 0 Å². The Labute approximate surface area is 113 Å². The Morgan fingerprint density at radius 1 is 1.05 bits per heavy atom. The molecule has 4 rings (SSSR count). The van der Waals surface area contributed by atoms with Crippen molar-refractivity contribution >= 4 is 11.1 Å². The summed E-state index contributed by atoms with van der Waals surface area (Å²) >= 11 is 0. The molecule has 3 heterocycles. The fourth-order valence-electron chi connectivity index (χ4n) is 2.03. The molecule has 0 spiro atoms. The average Bonchev–Trinajstić information content (AvgIpc) is 3.17. The van der Waals surface area contributed by atoms with E-state index in [1.54, 1.807) is 18.6 Å². The molecule has 0 fully saturated rings. The third kappa shape index (κ3) is 1.70. The van der Waals surface area contributed by atoms with Crippen molar-refractivity contribution in [1.82, 2.24) is 15.1 Å². The van der Waals surface area contributed by atoms with Gasteiger partial charge in [0.05, 0.1) is 11.8 Å². The minimum absolute atomic E-state index is 0.421. The highest BCUT2D eigenvalue weighted by Gasteiger charge is 2.13. The standard InChI is InChI=1S/C14H9N3O3/c1-8-15-11-6-9(2-3-12(11)19-8)13-16-14(20-17-13)10-4-5-18-7-10/h2-7H,1H3. The molecule has 0 saturated heterocycles. The zero-order valence-electron chi connectivity index (χ0n) is 10.5. The van der Waals surface area contributed by atoms with Crippen molar-refractivity contribution in [3.63, 3.8) is 0 Å². The second kappa shape index (κ2) is 4.06. The van der Waals surface area contributed by atoms with Crippen LogP contribution in [0.3, 0.4) is 0 Å². The van der Waals surface area contributed by atoms with Crippen LogP contribution in [0, 0.1) is 6.92 Å². The van der Waals surface area contributed by atoms with Crippen LogP contribution in [-0.2, 0) is 0 Å². The van der Waals surface area contributed by atoms with Gasteiger partial charge in [-0.05, 0) is 24.3 Å². The number of aromatic nitrogens is 3. The lowest BCUT2D eigenvalue weighted by Gasteiger charge is -1.92. The van der Waals surface area contributed by atoms with Gasteiger partial charge in [-0.15, -0.1) is 0 Å². The summed E-state index contributed by atoms with van der Waals surface area (Å²) in [5.41, 5.74) is 3.09. The Kier molecular flexibility index (Phi) is 2.23. The van der Waals surface area contributed by atoms with E-state index < -0.39 is 0 Å². The largest absolute Gasteiger partial charge is 0.472 e. The van der Waals surface area contributed by atoms with Gasteiger partial charge in [0.2, 0.25) is 5.82 Å². The lowest BCUT2D eigenvalue weighted by molar-refractivity contribution is 0.431. The summed E-state index contributed by atoms with van der Waals surface area (Å²) in [6, 6.07) is 7.35. The predicted octanol–water partition coefficient (Wildman–Crippen LogP) is 3.45. The van der Waals surface area contributed by atoms with Crippen LogP contribution in [0.4, 0.5) is 0 Å². The van der Waals surface area contributed by atoms with Gasteiger partial charge in [0.1, 0.15) is 11.8 Å². The van der Waals surface area contributed by atoms with E-state index in [0.29, 0.717) is 17.6 Å². The van der Waals surface area contributed by atoms with Gasteiger partial charge in [-0.2, -0.15) is 4.98 Å². The molecule has 0 bridgehead atoms. The second-order valence-electron chi connectivity index (χ2n) is 4.35. The van der Waals surface area contributed by atoms with Crippen LogP contribution in [0.15, 0.2) is 50.1 Å². The fourth-order valence-corrected chi connectivity index (χ4v) is 2.03. The Morgan fingerprint density at radius 2 is 2.00 bits per heavy atom. The molecule has 6 nitrogen and oxygen atoms in total. The zero-order chi connectivity index (χ0) is 13.5. The average molecular weight is 267 g/mol. The van der Waals surface area contributed by atoms with E-state index in [1.807, 2.05) is 25.1 Å². The van der Waals surface area contributed by atoms with Crippen molar-refractivity contribution < 1.29 is 13.4 Å². The minimum atomic E-state index is 0.421. The van der Waals surface area contributed by atoms with Crippen molar-refractivity contribution in [2.75, 3.05) is 0 Å². The Morgan fingerprint density at radius 3 is 2.85 bits per heavy atom. The molecule has 3 aromatic heterocycles. The summed E-state index contributed by atoms with van der Waals surface area (Å²) < 4.78 is 15.6. The van der Waals surface area contributed by atoms with Crippen molar-refractivity contribution in [2.24, 2.45) is 0 Å². The number of furan rings is 1. The first-order chi connectivity index (χ1) is 9.79. The highest BCUT2D eigenvalue weighted by Crippen LogP contribution is 2.25. The maximum Gasteiger partial charge on any atom is 0.261 e. The molecular formula is C14H9N3O3. The minimum Gasteiger partial charge on any atom is -0.472 e. The van der Waals surface area contributed by atoms with Gasteiger partial charge in [0.25, 0.3) is 5.89 Å². The van der Waals surface area contributed by atoms with E-state index in [0.717, 1.165) is 22.2 Å². The molecule has 0 unspecified atom stereocenters. The second-order valence-corrected chi connectivity index (χ2v) is 4.35. The first-order valence-corrected chi connectivity index (χ1v) is 6.03. The molecule has 0 N–H and O–H groups in total.